The number of nitrogens with zero attached hydrogens (tertiary/aromatic N) is 1. The van der Waals surface area contributed by atoms with Crippen molar-refractivity contribution in [2.24, 2.45) is 0 Å². The van der Waals surface area contributed by atoms with Crippen LogP contribution in [0, 0.1) is 0 Å². The number of rotatable bonds is 1. The minimum atomic E-state index is 0.0816. The fourth-order valence-electron chi connectivity index (χ4n) is 3.40. The van der Waals surface area contributed by atoms with Crippen LogP contribution in [0.3, 0.4) is 0 Å². The maximum Gasteiger partial charge on any atom is 0.254 e. The minimum absolute atomic E-state index is 0.0816. The normalized spacial score (nSPS) is 29.2. The van der Waals surface area contributed by atoms with Crippen molar-refractivity contribution in [3.05, 3.63) is 29.3 Å². The Bertz CT molecular complexity index is 553. The van der Waals surface area contributed by atoms with Gasteiger partial charge < -0.3 is 15.5 Å². The van der Waals surface area contributed by atoms with Crippen molar-refractivity contribution in [3.63, 3.8) is 0 Å². The Morgan fingerprint density at radius 2 is 2.10 bits per heavy atom. The molecule has 2 fully saturated rings. The number of benzene rings is 1. The van der Waals surface area contributed by atoms with Crippen molar-refractivity contribution in [3.8, 4) is 0 Å². The van der Waals surface area contributed by atoms with Crippen molar-refractivity contribution in [2.75, 3.05) is 18.0 Å². The predicted molar refractivity (Wildman–Crippen MR) is 79.1 cm³/mol. The van der Waals surface area contributed by atoms with E-state index in [0.717, 1.165) is 36.7 Å². The second kappa shape index (κ2) is 4.48. The van der Waals surface area contributed by atoms with Gasteiger partial charge in [0, 0.05) is 12.6 Å². The summed E-state index contributed by atoms with van der Waals surface area (Å²) in [6, 6.07) is 6.86. The molecule has 1 saturated carbocycles. The molecular weight excluding hydrogens is 250 g/mol. The van der Waals surface area contributed by atoms with Crippen molar-refractivity contribution < 1.29 is 4.79 Å². The van der Waals surface area contributed by atoms with Crippen LogP contribution < -0.4 is 15.5 Å². The fraction of sp³-hybridized carbons (Fsp3) is 0.562. The van der Waals surface area contributed by atoms with Crippen LogP contribution in [0.15, 0.2) is 18.2 Å². The molecule has 0 bridgehead atoms. The molecule has 2 N–H and O–H groups in total. The third kappa shape index (κ3) is 1.99. The van der Waals surface area contributed by atoms with Gasteiger partial charge in [0.05, 0.1) is 11.3 Å². The summed E-state index contributed by atoms with van der Waals surface area (Å²) >= 11 is 0. The van der Waals surface area contributed by atoms with E-state index in [-0.39, 0.29) is 12.1 Å². The zero-order chi connectivity index (χ0) is 13.7. The van der Waals surface area contributed by atoms with Crippen molar-refractivity contribution in [1.29, 1.82) is 0 Å². The summed E-state index contributed by atoms with van der Waals surface area (Å²) in [5.41, 5.74) is 3.38. The topological polar surface area (TPSA) is 44.4 Å². The number of nitrogens with one attached hydrogen (secondary N) is 2. The predicted octanol–water partition coefficient (Wildman–Crippen LogP) is 1.82. The van der Waals surface area contributed by atoms with Gasteiger partial charge in [-0.25, -0.2) is 0 Å². The molecule has 0 radical (unpaired) electrons. The van der Waals surface area contributed by atoms with Crippen molar-refractivity contribution >= 4 is 11.6 Å². The molecule has 1 aromatic carbocycles. The van der Waals surface area contributed by atoms with Gasteiger partial charge in [-0.05, 0) is 56.3 Å². The smallest absolute Gasteiger partial charge is 0.254 e. The Morgan fingerprint density at radius 1 is 1.25 bits per heavy atom. The molecule has 1 amide bonds. The average Bonchev–Trinajstić information content (AvgIpc) is 3.26. The molecule has 3 aliphatic rings. The van der Waals surface area contributed by atoms with Gasteiger partial charge in [0.1, 0.15) is 6.17 Å². The Hall–Kier alpha value is -1.55. The van der Waals surface area contributed by atoms with Gasteiger partial charge in [0.15, 0.2) is 0 Å². The lowest BCUT2D eigenvalue weighted by atomic mass is 10.0. The molecule has 4 heteroatoms. The lowest BCUT2D eigenvalue weighted by molar-refractivity contribution is 0.0926. The number of carbonyl (C=O) groups excluding carboxylic acids is 1. The quantitative estimate of drug-likeness (QED) is 0.819. The summed E-state index contributed by atoms with van der Waals surface area (Å²) in [7, 11) is 0. The van der Waals surface area contributed by atoms with E-state index in [2.05, 4.69) is 34.6 Å². The van der Waals surface area contributed by atoms with Gasteiger partial charge in [-0.1, -0.05) is 6.07 Å². The molecule has 4 rings (SSSR count). The molecule has 1 saturated heterocycles. The molecule has 4 nitrogen and oxygen atoms in total. The number of hydrogen-bond donors (Lipinski definition) is 2. The highest BCUT2D eigenvalue weighted by Gasteiger charge is 2.34. The summed E-state index contributed by atoms with van der Waals surface area (Å²) in [6.45, 7) is 4.12. The maximum absolute atomic E-state index is 12.3. The van der Waals surface area contributed by atoms with E-state index in [4.69, 9.17) is 0 Å². The van der Waals surface area contributed by atoms with E-state index in [9.17, 15) is 4.79 Å². The number of anilines is 1. The van der Waals surface area contributed by atoms with Crippen LogP contribution >= 0.6 is 0 Å². The van der Waals surface area contributed by atoms with Crippen LogP contribution in [0.4, 0.5) is 5.69 Å². The van der Waals surface area contributed by atoms with Gasteiger partial charge in [-0.2, -0.15) is 0 Å². The minimum Gasteiger partial charge on any atom is -0.349 e. The van der Waals surface area contributed by atoms with Gasteiger partial charge in [-0.3, -0.25) is 4.79 Å². The highest BCUT2D eigenvalue weighted by Crippen LogP contribution is 2.42. The molecule has 20 heavy (non-hydrogen) atoms. The molecule has 2 atom stereocenters. The van der Waals surface area contributed by atoms with Gasteiger partial charge in [0.25, 0.3) is 5.91 Å². The molecule has 2 heterocycles. The second-order valence-corrected chi connectivity index (χ2v) is 6.34. The number of carbonyl (C=O) groups is 1. The van der Waals surface area contributed by atoms with Gasteiger partial charge >= 0.3 is 0 Å². The van der Waals surface area contributed by atoms with Crippen LogP contribution in [0.5, 0.6) is 0 Å². The second-order valence-electron chi connectivity index (χ2n) is 6.34. The van der Waals surface area contributed by atoms with E-state index >= 15 is 0 Å². The zero-order valence-electron chi connectivity index (χ0n) is 11.9. The van der Waals surface area contributed by atoms with E-state index < -0.39 is 0 Å². The van der Waals surface area contributed by atoms with Crippen molar-refractivity contribution in [1.82, 2.24) is 10.6 Å². The largest absolute Gasteiger partial charge is 0.349 e. The van der Waals surface area contributed by atoms with Crippen LogP contribution in [0.1, 0.15) is 48.0 Å². The molecule has 0 spiro atoms. The van der Waals surface area contributed by atoms with Gasteiger partial charge in [-0.15, -0.1) is 0 Å². The number of fused-ring (bicyclic) bond motifs is 3. The monoisotopic (exact) mass is 271 g/mol. The third-order valence-electron chi connectivity index (χ3n) is 4.68. The molecule has 1 aromatic rings. The van der Waals surface area contributed by atoms with Crippen LogP contribution in [0.2, 0.25) is 0 Å². The molecule has 106 valence electrons. The average molecular weight is 271 g/mol. The summed E-state index contributed by atoms with van der Waals surface area (Å²) in [5, 5.41) is 6.65. The molecule has 2 aliphatic heterocycles. The fourth-order valence-corrected chi connectivity index (χ4v) is 3.40. The highest BCUT2D eigenvalue weighted by molar-refractivity contribution is 6.02. The lowest BCUT2D eigenvalue weighted by Crippen LogP contribution is -2.53. The highest BCUT2D eigenvalue weighted by atomic mass is 16.2. The molecule has 1 aliphatic carbocycles. The lowest BCUT2D eigenvalue weighted by Gasteiger charge is -2.38. The number of hydrogen-bond acceptors (Lipinski definition) is 3. The first-order chi connectivity index (χ1) is 9.72. The van der Waals surface area contributed by atoms with Gasteiger partial charge in [0.2, 0.25) is 0 Å². The van der Waals surface area contributed by atoms with E-state index in [1.165, 1.54) is 18.4 Å². The van der Waals surface area contributed by atoms with Crippen LogP contribution in [0.25, 0.3) is 0 Å². The van der Waals surface area contributed by atoms with E-state index in [1.54, 1.807) is 0 Å². The number of amides is 1. The molecular formula is C16H21N3O. The van der Waals surface area contributed by atoms with Crippen LogP contribution in [-0.4, -0.2) is 31.2 Å². The first-order valence-corrected chi connectivity index (χ1v) is 7.67. The zero-order valence-corrected chi connectivity index (χ0v) is 11.9. The first kappa shape index (κ1) is 12.2. The SMILES string of the molecule is C[C@@H]1CN2c3cc(C4CC4)ccc3C(=O)NC2CCN1. The Morgan fingerprint density at radius 3 is 2.90 bits per heavy atom. The standard InChI is InChI=1S/C16H21N3O/c1-10-9-19-14-8-12(11-2-3-11)4-5-13(14)16(20)18-15(19)6-7-17-10/h4-5,8,10-11,15,17H,2-3,6-7,9H2,1H3,(H,18,20)/t10-,15?/m1/s1. The summed E-state index contributed by atoms with van der Waals surface area (Å²) in [4.78, 5) is 14.7. The molecule has 0 aromatic heterocycles. The Kier molecular flexibility index (Phi) is 2.74. The third-order valence-corrected chi connectivity index (χ3v) is 4.68. The summed E-state index contributed by atoms with van der Waals surface area (Å²) in [5.74, 6) is 0.810. The first-order valence-electron chi connectivity index (χ1n) is 7.67. The maximum atomic E-state index is 12.3. The molecule has 1 unspecified atom stereocenters. The summed E-state index contributed by atoms with van der Waals surface area (Å²) in [6.07, 6.45) is 3.70. The van der Waals surface area contributed by atoms with Crippen LogP contribution in [-0.2, 0) is 0 Å². The van der Waals surface area contributed by atoms with E-state index in [1.807, 2.05) is 6.07 Å². The van der Waals surface area contributed by atoms with Crippen molar-refractivity contribution in [2.45, 2.75) is 44.3 Å². The Balaban J connectivity index is 1.77. The van der Waals surface area contributed by atoms with E-state index in [0.29, 0.717) is 6.04 Å². The Labute approximate surface area is 119 Å². The summed E-state index contributed by atoms with van der Waals surface area (Å²) < 4.78 is 0.